The maximum Gasteiger partial charge on any atom is 0.257 e. The molecule has 2 heterocycles. The summed E-state index contributed by atoms with van der Waals surface area (Å²) in [4.78, 5) is 35.1. The van der Waals surface area contributed by atoms with Crippen molar-refractivity contribution in [2.45, 2.75) is 26.5 Å². The summed E-state index contributed by atoms with van der Waals surface area (Å²) >= 11 is 6.06. The van der Waals surface area contributed by atoms with Gasteiger partial charge in [0.05, 0.1) is 13.2 Å². The van der Waals surface area contributed by atoms with Gasteiger partial charge in [-0.1, -0.05) is 41.4 Å². The van der Waals surface area contributed by atoms with Crippen molar-refractivity contribution in [2.24, 2.45) is 0 Å². The SMILES string of the molecule is Cc1cccc(COC[C@@H](NC(=O)c2cccnc2Oc2ccc(Cl)cc2C)C(=O)N2CCN(C)CC2)c1. The minimum Gasteiger partial charge on any atom is -0.438 e. The number of hydrogen-bond donors (Lipinski definition) is 1. The molecule has 1 N–H and O–H groups in total. The second kappa shape index (κ2) is 12.9. The van der Waals surface area contributed by atoms with Gasteiger partial charge in [-0.25, -0.2) is 4.98 Å². The van der Waals surface area contributed by atoms with Crippen LogP contribution in [-0.4, -0.2) is 72.5 Å². The molecule has 1 fully saturated rings. The van der Waals surface area contributed by atoms with Gasteiger partial charge in [-0.2, -0.15) is 0 Å². The Bertz CT molecular complexity index is 1280. The van der Waals surface area contributed by atoms with Crippen LogP contribution in [-0.2, 0) is 16.1 Å². The minimum atomic E-state index is -0.860. The molecule has 1 aromatic heterocycles. The van der Waals surface area contributed by atoms with E-state index < -0.39 is 11.9 Å². The first-order valence-electron chi connectivity index (χ1n) is 12.6. The van der Waals surface area contributed by atoms with Crippen molar-refractivity contribution in [1.29, 1.82) is 0 Å². The first-order valence-corrected chi connectivity index (χ1v) is 13.0. The molecule has 8 nitrogen and oxygen atoms in total. The zero-order chi connectivity index (χ0) is 27.1. The summed E-state index contributed by atoms with van der Waals surface area (Å²) in [5.41, 5.74) is 3.16. The molecule has 38 heavy (non-hydrogen) atoms. The maximum atomic E-state index is 13.5. The van der Waals surface area contributed by atoms with E-state index in [1.54, 1.807) is 41.4 Å². The third-order valence-electron chi connectivity index (χ3n) is 6.41. The van der Waals surface area contributed by atoms with Crippen molar-refractivity contribution in [3.05, 3.63) is 88.1 Å². The van der Waals surface area contributed by atoms with Gasteiger partial charge in [-0.05, 0) is 62.4 Å². The molecule has 1 aliphatic heterocycles. The highest BCUT2D eigenvalue weighted by molar-refractivity contribution is 6.30. The summed E-state index contributed by atoms with van der Waals surface area (Å²) in [6, 6.07) is 15.6. The number of aromatic nitrogens is 1. The second-order valence-electron chi connectivity index (χ2n) is 9.53. The van der Waals surface area contributed by atoms with Gasteiger partial charge in [0.2, 0.25) is 11.8 Å². The fraction of sp³-hybridized carbons (Fsp3) is 0.345. The Morgan fingerprint density at radius 3 is 2.58 bits per heavy atom. The first-order chi connectivity index (χ1) is 18.3. The van der Waals surface area contributed by atoms with E-state index in [4.69, 9.17) is 21.1 Å². The topological polar surface area (TPSA) is 84.0 Å². The number of rotatable bonds is 9. The molecule has 0 radical (unpaired) electrons. The van der Waals surface area contributed by atoms with Crippen LogP contribution in [0.4, 0.5) is 0 Å². The lowest BCUT2D eigenvalue weighted by atomic mass is 10.1. The Morgan fingerprint density at radius 1 is 1.05 bits per heavy atom. The number of nitrogens with zero attached hydrogens (tertiary/aromatic N) is 3. The monoisotopic (exact) mass is 536 g/mol. The molecule has 0 bridgehead atoms. The molecule has 0 unspecified atom stereocenters. The molecule has 1 aliphatic rings. The van der Waals surface area contributed by atoms with Gasteiger partial charge in [0.15, 0.2) is 0 Å². The fourth-order valence-electron chi connectivity index (χ4n) is 4.23. The number of pyridine rings is 1. The third kappa shape index (κ3) is 7.31. The van der Waals surface area contributed by atoms with Crippen LogP contribution < -0.4 is 10.1 Å². The molecule has 4 rings (SSSR count). The predicted molar refractivity (Wildman–Crippen MR) is 147 cm³/mol. The lowest BCUT2D eigenvalue weighted by Crippen LogP contribution is -2.55. The van der Waals surface area contributed by atoms with Crippen LogP contribution in [0.15, 0.2) is 60.8 Å². The number of carbonyl (C=O) groups excluding carboxylic acids is 2. The van der Waals surface area contributed by atoms with Crippen LogP contribution in [0.3, 0.4) is 0 Å². The number of aryl methyl sites for hydroxylation is 2. The molecule has 1 saturated heterocycles. The zero-order valence-electron chi connectivity index (χ0n) is 21.9. The van der Waals surface area contributed by atoms with E-state index in [2.05, 4.69) is 15.2 Å². The van der Waals surface area contributed by atoms with Crippen molar-refractivity contribution in [2.75, 3.05) is 39.8 Å². The zero-order valence-corrected chi connectivity index (χ0v) is 22.7. The second-order valence-corrected chi connectivity index (χ2v) is 9.96. The van der Waals surface area contributed by atoms with Gasteiger partial charge in [0.25, 0.3) is 5.91 Å². The van der Waals surface area contributed by atoms with Gasteiger partial charge in [0.1, 0.15) is 17.4 Å². The van der Waals surface area contributed by atoms with E-state index in [-0.39, 0.29) is 24.0 Å². The largest absolute Gasteiger partial charge is 0.438 e. The van der Waals surface area contributed by atoms with Crippen LogP contribution in [0.25, 0.3) is 0 Å². The molecular weight excluding hydrogens is 504 g/mol. The summed E-state index contributed by atoms with van der Waals surface area (Å²) in [5.74, 6) is 0.0394. The van der Waals surface area contributed by atoms with Crippen molar-refractivity contribution >= 4 is 23.4 Å². The normalized spacial score (nSPS) is 14.7. The van der Waals surface area contributed by atoms with Crippen LogP contribution in [0.5, 0.6) is 11.6 Å². The molecule has 1 atom stereocenters. The van der Waals surface area contributed by atoms with Crippen molar-refractivity contribution < 1.29 is 19.1 Å². The molecule has 200 valence electrons. The number of likely N-dealkylation sites (N-methyl/N-ethyl adjacent to an activating group) is 1. The lowest BCUT2D eigenvalue weighted by molar-refractivity contribution is -0.136. The summed E-state index contributed by atoms with van der Waals surface area (Å²) in [7, 11) is 2.03. The summed E-state index contributed by atoms with van der Waals surface area (Å²) in [5, 5.41) is 3.47. The van der Waals surface area contributed by atoms with Gasteiger partial charge < -0.3 is 24.6 Å². The van der Waals surface area contributed by atoms with Gasteiger partial charge in [0, 0.05) is 37.4 Å². The molecule has 0 saturated carbocycles. The van der Waals surface area contributed by atoms with Crippen LogP contribution in [0.2, 0.25) is 5.02 Å². The first kappa shape index (κ1) is 27.6. The summed E-state index contributed by atoms with van der Waals surface area (Å²) in [6.45, 7) is 6.99. The molecule has 9 heteroatoms. The Kier molecular flexibility index (Phi) is 9.33. The van der Waals surface area contributed by atoms with Gasteiger partial charge >= 0.3 is 0 Å². The van der Waals surface area contributed by atoms with Gasteiger partial charge in [-0.15, -0.1) is 0 Å². The number of benzene rings is 2. The maximum absolute atomic E-state index is 13.5. The highest BCUT2D eigenvalue weighted by Gasteiger charge is 2.29. The van der Waals surface area contributed by atoms with E-state index in [1.165, 1.54) is 0 Å². The number of ether oxygens (including phenoxy) is 2. The molecular formula is C29H33ClN4O4. The van der Waals surface area contributed by atoms with E-state index in [0.717, 1.165) is 29.8 Å². The van der Waals surface area contributed by atoms with E-state index in [9.17, 15) is 9.59 Å². The Hall–Kier alpha value is -3.46. The number of nitrogens with one attached hydrogen (secondary N) is 1. The van der Waals surface area contributed by atoms with Crippen LogP contribution in [0, 0.1) is 13.8 Å². The smallest absolute Gasteiger partial charge is 0.257 e. The van der Waals surface area contributed by atoms with Crippen molar-refractivity contribution in [3.63, 3.8) is 0 Å². The number of piperazine rings is 1. The third-order valence-corrected chi connectivity index (χ3v) is 6.65. The van der Waals surface area contributed by atoms with Crippen LogP contribution in [0.1, 0.15) is 27.0 Å². The minimum absolute atomic E-state index is 0.0393. The molecule has 0 aliphatic carbocycles. The Morgan fingerprint density at radius 2 is 1.84 bits per heavy atom. The Balaban J connectivity index is 1.50. The Labute approximate surface area is 228 Å². The van der Waals surface area contributed by atoms with E-state index in [0.29, 0.717) is 30.5 Å². The number of hydrogen-bond acceptors (Lipinski definition) is 6. The lowest BCUT2D eigenvalue weighted by Gasteiger charge is -2.34. The van der Waals surface area contributed by atoms with Crippen LogP contribution >= 0.6 is 11.6 Å². The highest BCUT2D eigenvalue weighted by Crippen LogP contribution is 2.28. The van der Waals surface area contributed by atoms with E-state index in [1.807, 2.05) is 45.2 Å². The molecule has 3 aromatic rings. The van der Waals surface area contributed by atoms with Crippen molar-refractivity contribution in [3.8, 4) is 11.6 Å². The number of halogens is 1. The average Bonchev–Trinajstić information content (AvgIpc) is 2.90. The van der Waals surface area contributed by atoms with Crippen molar-refractivity contribution in [1.82, 2.24) is 20.1 Å². The predicted octanol–water partition coefficient (Wildman–Crippen LogP) is 4.23. The fourth-order valence-corrected chi connectivity index (χ4v) is 4.46. The summed E-state index contributed by atoms with van der Waals surface area (Å²) in [6.07, 6.45) is 1.55. The van der Waals surface area contributed by atoms with E-state index >= 15 is 0 Å². The number of carbonyl (C=O) groups is 2. The average molecular weight is 537 g/mol. The summed E-state index contributed by atoms with van der Waals surface area (Å²) < 4.78 is 11.9. The molecule has 0 spiro atoms. The molecule has 2 aromatic carbocycles. The van der Waals surface area contributed by atoms with Gasteiger partial charge in [-0.3, -0.25) is 9.59 Å². The standard InChI is InChI=1S/C29H33ClN4O4/c1-20-6-4-7-22(16-20)18-37-19-25(29(36)34-14-12-33(3)13-15-34)32-27(35)24-8-5-11-31-28(24)38-26-10-9-23(30)17-21(26)2/h4-11,16-17,25H,12-15,18-19H2,1-3H3,(H,32,35)/t25-/m1/s1. The highest BCUT2D eigenvalue weighted by atomic mass is 35.5. The molecule has 2 amide bonds. The quantitative estimate of drug-likeness (QED) is 0.440. The number of amides is 2.